The zero-order valence-electron chi connectivity index (χ0n) is 9.96. The Labute approximate surface area is 133 Å². The van der Waals surface area contributed by atoms with Crippen LogP contribution in [0.4, 0.5) is 4.39 Å². The van der Waals surface area contributed by atoms with Gasteiger partial charge in [0.05, 0.1) is 17.0 Å². The van der Waals surface area contributed by atoms with Crippen LogP contribution >= 0.6 is 43.5 Å². The summed E-state index contributed by atoms with van der Waals surface area (Å²) in [6, 6.07) is 10.4. The van der Waals surface area contributed by atoms with Crippen molar-refractivity contribution in [1.29, 1.82) is 0 Å². The van der Waals surface area contributed by atoms with Crippen LogP contribution in [0, 0.1) is 5.82 Å². The number of rotatable bonds is 3. The maximum atomic E-state index is 13.6. The summed E-state index contributed by atoms with van der Waals surface area (Å²) in [6.45, 7) is 0. The summed E-state index contributed by atoms with van der Waals surface area (Å²) in [4.78, 5) is 0. The van der Waals surface area contributed by atoms with Gasteiger partial charge in [-0.25, -0.2) is 4.39 Å². The molecule has 1 unspecified atom stereocenters. The summed E-state index contributed by atoms with van der Waals surface area (Å²) < 4.78 is 20.1. The normalized spacial score (nSPS) is 12.3. The van der Waals surface area contributed by atoms with Gasteiger partial charge in [-0.15, -0.1) is 11.6 Å². The van der Waals surface area contributed by atoms with E-state index in [1.165, 1.54) is 6.07 Å². The Hall–Kier alpha value is -0.580. The molecule has 2 aromatic carbocycles. The average Bonchev–Trinajstić information content (AvgIpc) is 2.41. The Morgan fingerprint density at radius 1 is 1.16 bits per heavy atom. The van der Waals surface area contributed by atoms with E-state index >= 15 is 0 Å². The molecule has 0 N–H and O–H groups in total. The van der Waals surface area contributed by atoms with Crippen LogP contribution in [0.3, 0.4) is 0 Å². The van der Waals surface area contributed by atoms with Gasteiger partial charge < -0.3 is 4.74 Å². The van der Waals surface area contributed by atoms with Crippen LogP contribution < -0.4 is 4.74 Å². The number of benzene rings is 2. The standard InChI is InChI=1S/C14H10Br2ClFO/c1-19-12-6-5-8(15)7-10(12)14(17)9-3-2-4-11(18)13(9)16/h2-7,14H,1H3. The van der Waals surface area contributed by atoms with Gasteiger partial charge in [-0.1, -0.05) is 28.1 Å². The van der Waals surface area contributed by atoms with Gasteiger partial charge in [0.25, 0.3) is 0 Å². The first kappa shape index (κ1) is 14.8. The van der Waals surface area contributed by atoms with Crippen LogP contribution in [-0.4, -0.2) is 7.11 Å². The monoisotopic (exact) mass is 406 g/mol. The third-order valence-corrected chi connectivity index (χ3v) is 4.52. The van der Waals surface area contributed by atoms with Crippen molar-refractivity contribution in [2.45, 2.75) is 5.38 Å². The van der Waals surface area contributed by atoms with Crippen LogP contribution in [0.1, 0.15) is 16.5 Å². The molecule has 0 spiro atoms. The molecule has 0 aliphatic carbocycles. The molecule has 1 atom stereocenters. The summed E-state index contributed by atoms with van der Waals surface area (Å²) in [5.74, 6) is 0.330. The second-order valence-electron chi connectivity index (χ2n) is 3.89. The minimum Gasteiger partial charge on any atom is -0.496 e. The molecule has 0 radical (unpaired) electrons. The van der Waals surface area contributed by atoms with E-state index in [0.29, 0.717) is 15.8 Å². The zero-order valence-corrected chi connectivity index (χ0v) is 13.9. The van der Waals surface area contributed by atoms with E-state index < -0.39 is 5.38 Å². The van der Waals surface area contributed by atoms with Crippen LogP contribution in [0.5, 0.6) is 5.75 Å². The molecule has 0 aromatic heterocycles. The molecular weight excluding hydrogens is 398 g/mol. The van der Waals surface area contributed by atoms with E-state index in [0.717, 1.165) is 10.0 Å². The van der Waals surface area contributed by atoms with E-state index in [1.807, 2.05) is 18.2 Å². The van der Waals surface area contributed by atoms with E-state index in [-0.39, 0.29) is 5.82 Å². The highest BCUT2D eigenvalue weighted by Gasteiger charge is 2.20. The molecule has 19 heavy (non-hydrogen) atoms. The van der Waals surface area contributed by atoms with Crippen molar-refractivity contribution in [3.8, 4) is 5.75 Å². The van der Waals surface area contributed by atoms with Crippen LogP contribution in [0.2, 0.25) is 0 Å². The Bertz CT molecular complexity index is 604. The number of methoxy groups -OCH3 is 1. The molecule has 1 nitrogen and oxygen atoms in total. The van der Waals surface area contributed by atoms with Gasteiger partial charge in [0, 0.05) is 10.0 Å². The lowest BCUT2D eigenvalue weighted by Crippen LogP contribution is -1.99. The maximum Gasteiger partial charge on any atom is 0.137 e. The molecule has 2 rings (SSSR count). The first-order chi connectivity index (χ1) is 9.04. The van der Waals surface area contributed by atoms with Crippen molar-refractivity contribution in [3.63, 3.8) is 0 Å². The molecule has 0 bridgehead atoms. The Kier molecular flexibility index (Phi) is 4.87. The summed E-state index contributed by atoms with van der Waals surface area (Å²) in [6.07, 6.45) is 0. The fraction of sp³-hybridized carbons (Fsp3) is 0.143. The highest BCUT2D eigenvalue weighted by Crippen LogP contribution is 2.40. The minimum absolute atomic E-state index is 0.336. The molecular formula is C14H10Br2ClFO. The summed E-state index contributed by atoms with van der Waals surface area (Å²) >= 11 is 13.1. The smallest absolute Gasteiger partial charge is 0.137 e. The summed E-state index contributed by atoms with van der Waals surface area (Å²) in [7, 11) is 1.58. The van der Waals surface area contributed by atoms with Crippen LogP contribution in [-0.2, 0) is 0 Å². The molecule has 0 aliphatic heterocycles. The third-order valence-electron chi connectivity index (χ3n) is 2.72. The average molecular weight is 408 g/mol. The molecule has 2 aromatic rings. The molecule has 0 heterocycles. The number of hydrogen-bond donors (Lipinski definition) is 0. The van der Waals surface area contributed by atoms with Gasteiger partial charge in [-0.3, -0.25) is 0 Å². The first-order valence-corrected chi connectivity index (χ1v) is 7.48. The zero-order chi connectivity index (χ0) is 14.0. The van der Waals surface area contributed by atoms with Crippen LogP contribution in [0.15, 0.2) is 45.3 Å². The van der Waals surface area contributed by atoms with Gasteiger partial charge in [-0.05, 0) is 45.8 Å². The van der Waals surface area contributed by atoms with Crippen molar-refractivity contribution < 1.29 is 9.13 Å². The molecule has 100 valence electrons. The molecule has 5 heteroatoms. The van der Waals surface area contributed by atoms with Gasteiger partial charge >= 0.3 is 0 Å². The lowest BCUT2D eigenvalue weighted by Gasteiger charge is -2.16. The lowest BCUT2D eigenvalue weighted by atomic mass is 10.0. The van der Waals surface area contributed by atoms with Crippen molar-refractivity contribution in [1.82, 2.24) is 0 Å². The van der Waals surface area contributed by atoms with E-state index in [4.69, 9.17) is 16.3 Å². The first-order valence-electron chi connectivity index (χ1n) is 5.46. The van der Waals surface area contributed by atoms with Crippen molar-refractivity contribution >= 4 is 43.5 Å². The lowest BCUT2D eigenvalue weighted by molar-refractivity contribution is 0.410. The van der Waals surface area contributed by atoms with Gasteiger partial charge in [0.2, 0.25) is 0 Å². The second kappa shape index (κ2) is 6.25. The molecule has 0 saturated heterocycles. The maximum absolute atomic E-state index is 13.6. The number of hydrogen-bond acceptors (Lipinski definition) is 1. The summed E-state index contributed by atoms with van der Waals surface area (Å²) in [5, 5.41) is -0.502. The molecule has 0 fully saturated rings. The second-order valence-corrected chi connectivity index (χ2v) is 6.04. The minimum atomic E-state index is -0.502. The molecule has 0 aliphatic rings. The quantitative estimate of drug-likeness (QED) is 0.593. The Balaban J connectivity index is 2.52. The Morgan fingerprint density at radius 2 is 1.89 bits per heavy atom. The fourth-order valence-electron chi connectivity index (χ4n) is 1.79. The predicted octanol–water partition coefficient (Wildman–Crippen LogP) is 5.69. The predicted molar refractivity (Wildman–Crippen MR) is 82.5 cm³/mol. The highest BCUT2D eigenvalue weighted by molar-refractivity contribution is 9.10. The van der Waals surface area contributed by atoms with Crippen molar-refractivity contribution in [2.75, 3.05) is 7.11 Å². The fourth-order valence-corrected chi connectivity index (χ4v) is 3.14. The topological polar surface area (TPSA) is 9.23 Å². The Morgan fingerprint density at radius 3 is 2.58 bits per heavy atom. The molecule has 0 saturated carbocycles. The van der Waals surface area contributed by atoms with Crippen molar-refractivity contribution in [3.05, 3.63) is 62.3 Å². The van der Waals surface area contributed by atoms with Crippen LogP contribution in [0.25, 0.3) is 0 Å². The van der Waals surface area contributed by atoms with E-state index in [9.17, 15) is 4.39 Å². The summed E-state index contributed by atoms with van der Waals surface area (Å²) in [5.41, 5.74) is 1.45. The van der Waals surface area contributed by atoms with Gasteiger partial charge in [0.1, 0.15) is 11.6 Å². The van der Waals surface area contributed by atoms with E-state index in [1.54, 1.807) is 19.2 Å². The SMILES string of the molecule is COc1ccc(Br)cc1C(Cl)c1cccc(F)c1Br. The third kappa shape index (κ3) is 3.12. The number of alkyl halides is 1. The van der Waals surface area contributed by atoms with Gasteiger partial charge in [-0.2, -0.15) is 0 Å². The highest BCUT2D eigenvalue weighted by atomic mass is 79.9. The van der Waals surface area contributed by atoms with Crippen molar-refractivity contribution in [2.24, 2.45) is 0 Å². The largest absolute Gasteiger partial charge is 0.496 e. The number of ether oxygens (including phenoxy) is 1. The van der Waals surface area contributed by atoms with E-state index in [2.05, 4.69) is 31.9 Å². The van der Waals surface area contributed by atoms with Gasteiger partial charge in [0.15, 0.2) is 0 Å². The number of halogens is 4. The molecule has 0 amide bonds.